The van der Waals surface area contributed by atoms with E-state index in [4.69, 9.17) is 14.2 Å². The molecule has 0 fully saturated rings. The fourth-order valence-corrected chi connectivity index (χ4v) is 8.13. The van der Waals surface area contributed by atoms with Crippen LogP contribution in [0.15, 0.2) is 0 Å². The van der Waals surface area contributed by atoms with Crippen LogP contribution in [0.1, 0.15) is 298 Å². The van der Waals surface area contributed by atoms with Gasteiger partial charge in [-0.25, -0.2) is 0 Å². The van der Waals surface area contributed by atoms with E-state index in [9.17, 15) is 14.4 Å². The predicted octanol–water partition coefficient (Wildman–Crippen LogP) is 17.3. The van der Waals surface area contributed by atoms with Crippen LogP contribution >= 0.6 is 0 Å². The lowest BCUT2D eigenvalue weighted by Crippen LogP contribution is -2.30. The minimum absolute atomic E-state index is 0.0635. The summed E-state index contributed by atoms with van der Waals surface area (Å²) in [6, 6.07) is 0. The maximum absolute atomic E-state index is 12.8. The summed E-state index contributed by atoms with van der Waals surface area (Å²) in [5, 5.41) is 0. The van der Waals surface area contributed by atoms with E-state index in [1.807, 2.05) is 0 Å². The van der Waals surface area contributed by atoms with Gasteiger partial charge < -0.3 is 14.2 Å². The molecule has 0 aliphatic carbocycles. The van der Waals surface area contributed by atoms with Crippen molar-refractivity contribution in [1.82, 2.24) is 0 Å². The van der Waals surface area contributed by atoms with Gasteiger partial charge in [-0.15, -0.1) is 0 Å². The maximum atomic E-state index is 12.8. The van der Waals surface area contributed by atoms with Crippen molar-refractivity contribution in [2.45, 2.75) is 304 Å². The highest BCUT2D eigenvalue weighted by molar-refractivity contribution is 5.71. The van der Waals surface area contributed by atoms with Gasteiger partial charge in [-0.05, 0) is 31.1 Å². The zero-order valence-electron chi connectivity index (χ0n) is 41.1. The Hall–Kier alpha value is -1.59. The first-order valence-electron chi connectivity index (χ1n) is 26.8. The van der Waals surface area contributed by atoms with Gasteiger partial charge in [0.05, 0.1) is 0 Å². The van der Waals surface area contributed by atoms with Gasteiger partial charge in [-0.3, -0.25) is 14.4 Å². The second-order valence-corrected chi connectivity index (χ2v) is 19.2. The fraction of sp³-hybridized carbons (Fsp3) is 0.944. The summed E-state index contributed by atoms with van der Waals surface area (Å²) in [4.78, 5) is 38.0. The predicted molar refractivity (Wildman–Crippen MR) is 256 cm³/mol. The second-order valence-electron chi connectivity index (χ2n) is 19.2. The number of carbonyl (C=O) groups is 3. The largest absolute Gasteiger partial charge is 0.462 e. The average Bonchev–Trinajstić information content (AvgIpc) is 3.23. The van der Waals surface area contributed by atoms with Crippen LogP contribution in [0.2, 0.25) is 0 Å². The van der Waals surface area contributed by atoms with E-state index < -0.39 is 6.10 Å². The summed E-state index contributed by atoms with van der Waals surface area (Å²) < 4.78 is 16.8. The van der Waals surface area contributed by atoms with Crippen molar-refractivity contribution >= 4 is 17.9 Å². The SMILES string of the molecule is CCCCCCCCCCCCCCCCCC(=O)OC[C@H](COC(=O)CCCCCCCCCCCCC(C)C)OC(=O)CCCCCCCCCCCCC(C)CC. The van der Waals surface area contributed by atoms with Crippen LogP contribution in [-0.2, 0) is 28.6 Å². The zero-order chi connectivity index (χ0) is 44.0. The molecule has 1 unspecified atom stereocenters. The quantitative estimate of drug-likeness (QED) is 0.0345. The van der Waals surface area contributed by atoms with Gasteiger partial charge in [0.2, 0.25) is 0 Å². The third-order valence-corrected chi connectivity index (χ3v) is 12.6. The van der Waals surface area contributed by atoms with E-state index in [-0.39, 0.29) is 31.1 Å². The van der Waals surface area contributed by atoms with Crippen molar-refractivity contribution in [1.29, 1.82) is 0 Å². The van der Waals surface area contributed by atoms with Crippen molar-refractivity contribution in [3.63, 3.8) is 0 Å². The molecule has 0 saturated heterocycles. The van der Waals surface area contributed by atoms with Crippen molar-refractivity contribution < 1.29 is 28.6 Å². The van der Waals surface area contributed by atoms with Gasteiger partial charge in [0.15, 0.2) is 6.10 Å². The normalized spacial score (nSPS) is 12.5. The Morgan fingerprint density at radius 2 is 0.633 bits per heavy atom. The van der Waals surface area contributed by atoms with Gasteiger partial charge in [-0.2, -0.15) is 0 Å². The van der Waals surface area contributed by atoms with Gasteiger partial charge in [-0.1, -0.05) is 259 Å². The fourth-order valence-electron chi connectivity index (χ4n) is 8.13. The Labute approximate surface area is 374 Å². The Balaban J connectivity index is 4.32. The molecule has 0 aliphatic heterocycles. The molecule has 0 amide bonds. The first kappa shape index (κ1) is 58.4. The smallest absolute Gasteiger partial charge is 0.306 e. The third kappa shape index (κ3) is 45.9. The zero-order valence-corrected chi connectivity index (χ0v) is 41.1. The molecule has 0 aromatic rings. The van der Waals surface area contributed by atoms with Crippen molar-refractivity contribution in [3.05, 3.63) is 0 Å². The Morgan fingerprint density at radius 3 is 0.950 bits per heavy atom. The van der Waals surface area contributed by atoms with Crippen LogP contribution < -0.4 is 0 Å². The van der Waals surface area contributed by atoms with Crippen molar-refractivity contribution in [3.8, 4) is 0 Å². The number of ether oxygens (including phenoxy) is 3. The Kier molecular flexibility index (Phi) is 45.7. The topological polar surface area (TPSA) is 78.9 Å². The molecule has 0 spiro atoms. The first-order chi connectivity index (χ1) is 29.3. The lowest BCUT2D eigenvalue weighted by atomic mass is 9.99. The maximum Gasteiger partial charge on any atom is 0.306 e. The molecule has 0 N–H and O–H groups in total. The summed E-state index contributed by atoms with van der Waals surface area (Å²) in [5.41, 5.74) is 0. The monoisotopic (exact) mass is 849 g/mol. The van der Waals surface area contributed by atoms with Gasteiger partial charge in [0.25, 0.3) is 0 Å². The number of rotatable bonds is 48. The molecule has 60 heavy (non-hydrogen) atoms. The van der Waals surface area contributed by atoms with Crippen LogP contribution in [0.25, 0.3) is 0 Å². The molecule has 6 heteroatoms. The molecule has 0 bridgehead atoms. The molecule has 0 rings (SSSR count). The number of carbonyl (C=O) groups excluding carboxylic acids is 3. The van der Waals surface area contributed by atoms with Crippen LogP contribution in [0.5, 0.6) is 0 Å². The van der Waals surface area contributed by atoms with Gasteiger partial charge in [0, 0.05) is 19.3 Å². The van der Waals surface area contributed by atoms with Crippen LogP contribution in [0.3, 0.4) is 0 Å². The summed E-state index contributed by atoms with van der Waals surface area (Å²) in [6.07, 6.45) is 47.9. The molecule has 0 aromatic heterocycles. The van der Waals surface area contributed by atoms with E-state index in [2.05, 4.69) is 34.6 Å². The summed E-state index contributed by atoms with van der Waals surface area (Å²) >= 11 is 0. The molecule has 356 valence electrons. The molecule has 0 radical (unpaired) electrons. The van der Waals surface area contributed by atoms with Crippen molar-refractivity contribution in [2.24, 2.45) is 11.8 Å². The highest BCUT2D eigenvalue weighted by Gasteiger charge is 2.19. The standard InChI is InChI=1S/C54H104O6/c1-6-8-9-10-11-12-13-14-15-16-17-24-29-34-39-44-52(55)58-47-51(48-59-53(56)45-40-35-30-25-20-18-22-27-32-37-42-49(3)4)60-54(57)46-41-36-31-26-21-19-23-28-33-38-43-50(5)7-2/h49-51H,6-48H2,1-5H3/t50?,51-/m1/s1. The minimum atomic E-state index is -0.762. The van der Waals surface area contributed by atoms with Crippen LogP contribution in [-0.4, -0.2) is 37.2 Å². The van der Waals surface area contributed by atoms with E-state index in [0.29, 0.717) is 19.3 Å². The highest BCUT2D eigenvalue weighted by atomic mass is 16.6. The van der Waals surface area contributed by atoms with E-state index in [1.165, 1.54) is 186 Å². The van der Waals surface area contributed by atoms with E-state index >= 15 is 0 Å². The lowest BCUT2D eigenvalue weighted by molar-refractivity contribution is -0.167. The molecular weight excluding hydrogens is 745 g/mol. The first-order valence-corrected chi connectivity index (χ1v) is 26.8. The second kappa shape index (κ2) is 46.9. The molecule has 0 aliphatic rings. The number of hydrogen-bond donors (Lipinski definition) is 0. The van der Waals surface area contributed by atoms with Crippen LogP contribution in [0, 0.1) is 11.8 Å². The summed E-state index contributed by atoms with van der Waals surface area (Å²) in [7, 11) is 0. The summed E-state index contributed by atoms with van der Waals surface area (Å²) in [5.74, 6) is 0.840. The molecule has 0 saturated carbocycles. The van der Waals surface area contributed by atoms with Crippen LogP contribution in [0.4, 0.5) is 0 Å². The number of hydrogen-bond acceptors (Lipinski definition) is 6. The van der Waals surface area contributed by atoms with E-state index in [1.54, 1.807) is 0 Å². The molecule has 0 aromatic carbocycles. The number of esters is 3. The molecule has 2 atom stereocenters. The highest BCUT2D eigenvalue weighted by Crippen LogP contribution is 2.18. The van der Waals surface area contributed by atoms with Gasteiger partial charge >= 0.3 is 17.9 Å². The average molecular weight is 849 g/mol. The van der Waals surface area contributed by atoms with Gasteiger partial charge in [0.1, 0.15) is 13.2 Å². The molecule has 6 nitrogen and oxygen atoms in total. The Morgan fingerprint density at radius 1 is 0.350 bits per heavy atom. The Bertz CT molecular complexity index is 918. The summed E-state index contributed by atoms with van der Waals surface area (Å²) in [6.45, 7) is 11.4. The lowest BCUT2D eigenvalue weighted by Gasteiger charge is -2.18. The van der Waals surface area contributed by atoms with Crippen molar-refractivity contribution in [2.75, 3.05) is 13.2 Å². The molecular formula is C54H104O6. The third-order valence-electron chi connectivity index (χ3n) is 12.6. The number of unbranched alkanes of at least 4 members (excludes halogenated alkanes) is 32. The minimum Gasteiger partial charge on any atom is -0.462 e. The van der Waals surface area contributed by atoms with E-state index in [0.717, 1.165) is 69.6 Å². The molecule has 0 heterocycles.